The standard InChI is InChI=1S/C14H25N3O3/c1-9(2)15-12(18)8-16(5)14(20)11-6-13(19)17(7-11)10(3)4/h9-11H,6-8H2,1-5H3,(H,15,18)/t11-/m0/s1. The van der Waals surface area contributed by atoms with E-state index in [1.165, 1.54) is 4.90 Å². The summed E-state index contributed by atoms with van der Waals surface area (Å²) in [6.45, 7) is 8.09. The van der Waals surface area contributed by atoms with Gasteiger partial charge in [0.15, 0.2) is 0 Å². The summed E-state index contributed by atoms with van der Waals surface area (Å²) >= 11 is 0. The van der Waals surface area contributed by atoms with E-state index in [1.807, 2.05) is 27.7 Å². The van der Waals surface area contributed by atoms with Crippen LogP contribution in [0.1, 0.15) is 34.1 Å². The van der Waals surface area contributed by atoms with E-state index in [9.17, 15) is 14.4 Å². The third kappa shape index (κ3) is 4.21. The second-order valence-corrected chi connectivity index (χ2v) is 5.96. The van der Waals surface area contributed by atoms with E-state index < -0.39 is 0 Å². The summed E-state index contributed by atoms with van der Waals surface area (Å²) in [5.41, 5.74) is 0. The van der Waals surface area contributed by atoms with Gasteiger partial charge in [-0.15, -0.1) is 0 Å². The van der Waals surface area contributed by atoms with E-state index in [0.717, 1.165) is 0 Å². The van der Waals surface area contributed by atoms with E-state index in [2.05, 4.69) is 5.32 Å². The maximum atomic E-state index is 12.2. The first kappa shape index (κ1) is 16.5. The molecule has 0 saturated carbocycles. The molecule has 0 aromatic heterocycles. The molecule has 1 aliphatic heterocycles. The summed E-state index contributed by atoms with van der Waals surface area (Å²) in [4.78, 5) is 38.8. The average Bonchev–Trinajstić information content (AvgIpc) is 2.69. The highest BCUT2D eigenvalue weighted by atomic mass is 16.2. The molecule has 0 aliphatic carbocycles. The second kappa shape index (κ2) is 6.72. The molecule has 1 saturated heterocycles. The Bertz CT molecular complexity index is 393. The Balaban J connectivity index is 2.54. The van der Waals surface area contributed by atoms with Gasteiger partial charge in [-0.1, -0.05) is 0 Å². The molecule has 1 aliphatic rings. The zero-order valence-corrected chi connectivity index (χ0v) is 13.0. The molecule has 1 rings (SSSR count). The lowest BCUT2D eigenvalue weighted by Crippen LogP contribution is -2.43. The molecular formula is C14H25N3O3. The summed E-state index contributed by atoms with van der Waals surface area (Å²) in [6.07, 6.45) is 0.243. The first-order chi connectivity index (χ1) is 9.22. The highest BCUT2D eigenvalue weighted by Gasteiger charge is 2.36. The quantitative estimate of drug-likeness (QED) is 0.785. The van der Waals surface area contributed by atoms with Gasteiger partial charge in [-0.05, 0) is 27.7 Å². The van der Waals surface area contributed by atoms with Gasteiger partial charge in [0.25, 0.3) is 0 Å². The van der Waals surface area contributed by atoms with Crippen LogP contribution in [0.25, 0.3) is 0 Å². The minimum atomic E-state index is -0.332. The van der Waals surface area contributed by atoms with Gasteiger partial charge in [0, 0.05) is 32.1 Å². The van der Waals surface area contributed by atoms with Crippen LogP contribution in [0, 0.1) is 5.92 Å². The molecule has 0 bridgehead atoms. The molecule has 1 N–H and O–H groups in total. The lowest BCUT2D eigenvalue weighted by Gasteiger charge is -2.23. The predicted octanol–water partition coefficient (Wildman–Crippen LogP) is 0.226. The summed E-state index contributed by atoms with van der Waals surface area (Å²) in [5.74, 6) is -0.638. The van der Waals surface area contributed by atoms with Crippen molar-refractivity contribution in [1.82, 2.24) is 15.1 Å². The van der Waals surface area contributed by atoms with Gasteiger partial charge in [-0.3, -0.25) is 14.4 Å². The van der Waals surface area contributed by atoms with Gasteiger partial charge in [0.2, 0.25) is 17.7 Å². The first-order valence-corrected chi connectivity index (χ1v) is 7.06. The van der Waals surface area contributed by atoms with Crippen molar-refractivity contribution in [3.63, 3.8) is 0 Å². The molecule has 114 valence electrons. The van der Waals surface area contributed by atoms with Crippen molar-refractivity contribution < 1.29 is 14.4 Å². The number of amides is 3. The number of rotatable bonds is 5. The van der Waals surface area contributed by atoms with Gasteiger partial charge < -0.3 is 15.1 Å². The normalized spacial score (nSPS) is 18.9. The highest BCUT2D eigenvalue weighted by Crippen LogP contribution is 2.21. The van der Waals surface area contributed by atoms with Crippen molar-refractivity contribution in [2.24, 2.45) is 5.92 Å². The molecule has 3 amide bonds. The predicted molar refractivity (Wildman–Crippen MR) is 75.9 cm³/mol. The number of nitrogens with one attached hydrogen (secondary N) is 1. The van der Waals surface area contributed by atoms with Crippen LogP contribution >= 0.6 is 0 Å². The number of carbonyl (C=O) groups is 3. The van der Waals surface area contributed by atoms with Crippen LogP contribution in [0.4, 0.5) is 0 Å². The van der Waals surface area contributed by atoms with E-state index in [4.69, 9.17) is 0 Å². The van der Waals surface area contributed by atoms with Crippen molar-refractivity contribution >= 4 is 17.7 Å². The summed E-state index contributed by atoms with van der Waals surface area (Å²) in [7, 11) is 1.60. The van der Waals surface area contributed by atoms with E-state index in [1.54, 1.807) is 11.9 Å². The molecule has 6 heteroatoms. The smallest absolute Gasteiger partial charge is 0.239 e. The van der Waals surface area contributed by atoms with Gasteiger partial charge in [-0.2, -0.15) is 0 Å². The van der Waals surface area contributed by atoms with Crippen molar-refractivity contribution in [1.29, 1.82) is 0 Å². The first-order valence-electron chi connectivity index (χ1n) is 7.06. The van der Waals surface area contributed by atoms with Crippen LogP contribution in [-0.2, 0) is 14.4 Å². The van der Waals surface area contributed by atoms with Crippen molar-refractivity contribution in [3.05, 3.63) is 0 Å². The van der Waals surface area contributed by atoms with Crippen molar-refractivity contribution in [2.75, 3.05) is 20.1 Å². The number of hydrogen-bond donors (Lipinski definition) is 1. The number of carbonyl (C=O) groups excluding carboxylic acids is 3. The molecule has 0 spiro atoms. The lowest BCUT2D eigenvalue weighted by molar-refractivity contribution is -0.138. The average molecular weight is 283 g/mol. The maximum Gasteiger partial charge on any atom is 0.239 e. The van der Waals surface area contributed by atoms with Crippen LogP contribution in [0.15, 0.2) is 0 Å². The molecule has 0 radical (unpaired) electrons. The molecule has 1 atom stereocenters. The maximum absolute atomic E-state index is 12.2. The van der Waals surface area contributed by atoms with Crippen molar-refractivity contribution in [2.45, 2.75) is 46.2 Å². The Morgan fingerprint density at radius 3 is 2.40 bits per heavy atom. The number of nitrogens with zero attached hydrogens (tertiary/aromatic N) is 2. The fourth-order valence-electron chi connectivity index (χ4n) is 2.37. The molecule has 20 heavy (non-hydrogen) atoms. The van der Waals surface area contributed by atoms with Crippen molar-refractivity contribution in [3.8, 4) is 0 Å². The Morgan fingerprint density at radius 2 is 1.95 bits per heavy atom. The highest BCUT2D eigenvalue weighted by molar-refractivity contribution is 5.91. The summed E-state index contributed by atoms with van der Waals surface area (Å²) in [6, 6.07) is 0.158. The third-order valence-electron chi connectivity index (χ3n) is 3.34. The number of likely N-dealkylation sites (N-methyl/N-ethyl adjacent to an activating group) is 1. The zero-order chi connectivity index (χ0) is 15.4. The molecule has 1 fully saturated rings. The van der Waals surface area contributed by atoms with Gasteiger partial charge in [0.05, 0.1) is 12.5 Å². The fraction of sp³-hybridized carbons (Fsp3) is 0.786. The Hall–Kier alpha value is -1.59. The topological polar surface area (TPSA) is 69.7 Å². The minimum absolute atomic E-state index is 0.0124. The Kier molecular flexibility index (Phi) is 5.53. The van der Waals surface area contributed by atoms with Crippen LogP contribution < -0.4 is 5.32 Å². The number of likely N-dealkylation sites (tertiary alicyclic amines) is 1. The molecule has 0 unspecified atom stereocenters. The summed E-state index contributed by atoms with van der Waals surface area (Å²) in [5, 5.41) is 2.74. The van der Waals surface area contributed by atoms with Crippen LogP contribution in [0.5, 0.6) is 0 Å². The minimum Gasteiger partial charge on any atom is -0.352 e. The Morgan fingerprint density at radius 1 is 1.35 bits per heavy atom. The molecular weight excluding hydrogens is 258 g/mol. The molecule has 1 heterocycles. The zero-order valence-electron chi connectivity index (χ0n) is 13.0. The summed E-state index contributed by atoms with van der Waals surface area (Å²) < 4.78 is 0. The molecule has 6 nitrogen and oxygen atoms in total. The van der Waals surface area contributed by atoms with Crippen LogP contribution in [0.2, 0.25) is 0 Å². The number of hydrogen-bond acceptors (Lipinski definition) is 3. The van der Waals surface area contributed by atoms with Gasteiger partial charge >= 0.3 is 0 Å². The monoisotopic (exact) mass is 283 g/mol. The SMILES string of the molecule is CC(C)NC(=O)CN(C)C(=O)[C@H]1CC(=O)N(C(C)C)C1. The molecule has 0 aromatic carbocycles. The fourth-order valence-corrected chi connectivity index (χ4v) is 2.37. The largest absolute Gasteiger partial charge is 0.352 e. The Labute approximate surface area is 120 Å². The lowest BCUT2D eigenvalue weighted by atomic mass is 10.1. The van der Waals surface area contributed by atoms with Crippen LogP contribution in [0.3, 0.4) is 0 Å². The van der Waals surface area contributed by atoms with Gasteiger partial charge in [-0.25, -0.2) is 0 Å². The van der Waals surface area contributed by atoms with E-state index >= 15 is 0 Å². The molecule has 0 aromatic rings. The third-order valence-corrected chi connectivity index (χ3v) is 3.34. The van der Waals surface area contributed by atoms with E-state index in [-0.39, 0.29) is 48.7 Å². The van der Waals surface area contributed by atoms with Gasteiger partial charge in [0.1, 0.15) is 0 Å². The second-order valence-electron chi connectivity index (χ2n) is 5.96. The van der Waals surface area contributed by atoms with Crippen LogP contribution in [-0.4, -0.2) is 59.7 Å². The van der Waals surface area contributed by atoms with E-state index in [0.29, 0.717) is 6.54 Å².